The van der Waals surface area contributed by atoms with Crippen LogP contribution < -0.4 is 0 Å². The summed E-state index contributed by atoms with van der Waals surface area (Å²) in [5.41, 5.74) is 0.656. The molecule has 0 aliphatic heterocycles. The summed E-state index contributed by atoms with van der Waals surface area (Å²) in [7, 11) is 1.70. The highest BCUT2D eigenvalue weighted by Crippen LogP contribution is 2.29. The van der Waals surface area contributed by atoms with Gasteiger partial charge in [-0.2, -0.15) is 5.10 Å². The number of rotatable bonds is 4. The first-order valence-corrected chi connectivity index (χ1v) is 6.92. The number of carboxylic acids is 1. The van der Waals surface area contributed by atoms with Gasteiger partial charge in [-0.05, 0) is 18.2 Å². The molecule has 1 aromatic heterocycles. The zero-order valence-corrected chi connectivity index (χ0v) is 12.1. The van der Waals surface area contributed by atoms with Crippen LogP contribution in [-0.4, -0.2) is 31.6 Å². The lowest BCUT2D eigenvalue weighted by Crippen LogP contribution is -2.00. The molecule has 0 aliphatic rings. The van der Waals surface area contributed by atoms with Crippen molar-refractivity contribution in [2.75, 3.05) is 5.75 Å². The first-order chi connectivity index (χ1) is 8.97. The number of nitrogens with zero attached hydrogens (tertiary/aromatic N) is 3. The third-order valence-electron chi connectivity index (χ3n) is 2.22. The number of hydrogen-bond acceptors (Lipinski definition) is 4. The van der Waals surface area contributed by atoms with Gasteiger partial charge in [0.05, 0.1) is 10.8 Å². The Morgan fingerprint density at radius 3 is 2.84 bits per heavy atom. The van der Waals surface area contributed by atoms with Crippen molar-refractivity contribution >= 4 is 40.9 Å². The predicted molar refractivity (Wildman–Crippen MR) is 74.8 cm³/mol. The van der Waals surface area contributed by atoms with Crippen molar-refractivity contribution in [1.82, 2.24) is 14.8 Å². The van der Waals surface area contributed by atoms with Crippen LogP contribution in [0.5, 0.6) is 0 Å². The van der Waals surface area contributed by atoms with Gasteiger partial charge in [-0.1, -0.05) is 35.0 Å². The standard InChI is InChI=1S/C11H9Cl2N3O2S/c1-16-11(19-5-9(17)18)14-10(15-16)7-3-2-6(12)4-8(7)13/h2-4H,5H2,1H3,(H,17,18). The summed E-state index contributed by atoms with van der Waals surface area (Å²) < 4.78 is 1.52. The number of benzene rings is 1. The van der Waals surface area contributed by atoms with E-state index in [1.54, 1.807) is 25.2 Å². The third-order valence-corrected chi connectivity index (χ3v) is 3.77. The average Bonchev–Trinajstić information content (AvgIpc) is 2.67. The Morgan fingerprint density at radius 1 is 1.47 bits per heavy atom. The molecule has 8 heteroatoms. The van der Waals surface area contributed by atoms with Gasteiger partial charge in [-0.25, -0.2) is 9.67 Å². The number of aryl methyl sites for hydroxylation is 1. The summed E-state index contributed by atoms with van der Waals surface area (Å²) in [5.74, 6) is -0.531. The van der Waals surface area contributed by atoms with E-state index in [1.807, 2.05) is 0 Å². The van der Waals surface area contributed by atoms with Crippen LogP contribution in [0.15, 0.2) is 23.4 Å². The maximum Gasteiger partial charge on any atom is 0.313 e. The van der Waals surface area contributed by atoms with E-state index in [9.17, 15) is 4.79 Å². The van der Waals surface area contributed by atoms with Gasteiger partial charge >= 0.3 is 5.97 Å². The Bertz CT molecular complexity index is 630. The molecule has 0 aliphatic carbocycles. The van der Waals surface area contributed by atoms with Gasteiger partial charge in [-0.3, -0.25) is 4.79 Å². The summed E-state index contributed by atoms with van der Waals surface area (Å²) >= 11 is 13.0. The number of thioether (sulfide) groups is 1. The van der Waals surface area contributed by atoms with Crippen molar-refractivity contribution in [3.8, 4) is 11.4 Å². The van der Waals surface area contributed by atoms with Gasteiger partial charge in [0.2, 0.25) is 0 Å². The molecule has 0 atom stereocenters. The number of halogens is 2. The van der Waals surface area contributed by atoms with Gasteiger partial charge in [0.1, 0.15) is 0 Å². The maximum atomic E-state index is 10.5. The molecule has 0 amide bonds. The summed E-state index contributed by atoms with van der Waals surface area (Å²) in [6, 6.07) is 5.04. The summed E-state index contributed by atoms with van der Waals surface area (Å²) in [5, 5.41) is 14.4. The van der Waals surface area contributed by atoms with Gasteiger partial charge in [0, 0.05) is 17.6 Å². The van der Waals surface area contributed by atoms with E-state index in [-0.39, 0.29) is 5.75 Å². The van der Waals surface area contributed by atoms with E-state index < -0.39 is 5.97 Å². The number of hydrogen-bond donors (Lipinski definition) is 1. The van der Waals surface area contributed by atoms with Gasteiger partial charge in [0.25, 0.3) is 0 Å². The molecule has 2 rings (SSSR count). The van der Waals surface area contributed by atoms with Crippen molar-refractivity contribution < 1.29 is 9.90 Å². The number of aliphatic carboxylic acids is 1. The van der Waals surface area contributed by atoms with Crippen LogP contribution in [0.1, 0.15) is 0 Å². The Morgan fingerprint density at radius 2 is 2.21 bits per heavy atom. The molecule has 0 radical (unpaired) electrons. The topological polar surface area (TPSA) is 68.0 Å². The van der Waals surface area contributed by atoms with E-state index in [2.05, 4.69) is 10.1 Å². The Hall–Kier alpha value is -1.24. The van der Waals surface area contributed by atoms with E-state index in [0.29, 0.717) is 26.6 Å². The van der Waals surface area contributed by atoms with Crippen molar-refractivity contribution in [2.24, 2.45) is 7.05 Å². The van der Waals surface area contributed by atoms with Crippen LogP contribution in [0, 0.1) is 0 Å². The Kier molecular flexibility index (Phi) is 4.34. The van der Waals surface area contributed by atoms with E-state index in [4.69, 9.17) is 28.3 Å². The highest BCUT2D eigenvalue weighted by Gasteiger charge is 2.13. The van der Waals surface area contributed by atoms with E-state index in [0.717, 1.165) is 11.8 Å². The smallest absolute Gasteiger partial charge is 0.313 e. The zero-order valence-electron chi connectivity index (χ0n) is 9.80. The van der Waals surface area contributed by atoms with Crippen LogP contribution in [0.25, 0.3) is 11.4 Å². The molecule has 1 aromatic carbocycles. The van der Waals surface area contributed by atoms with Gasteiger partial charge < -0.3 is 5.11 Å². The van der Waals surface area contributed by atoms with Crippen molar-refractivity contribution in [1.29, 1.82) is 0 Å². The molecule has 0 saturated carbocycles. The molecule has 5 nitrogen and oxygen atoms in total. The molecule has 1 N–H and O–H groups in total. The van der Waals surface area contributed by atoms with Gasteiger partial charge in [0.15, 0.2) is 11.0 Å². The average molecular weight is 318 g/mol. The first-order valence-electron chi connectivity index (χ1n) is 5.18. The first kappa shape index (κ1) is 14.2. The minimum atomic E-state index is -0.904. The molecule has 1 heterocycles. The lowest BCUT2D eigenvalue weighted by atomic mass is 10.2. The number of carbonyl (C=O) groups is 1. The van der Waals surface area contributed by atoms with Crippen LogP contribution in [0.3, 0.4) is 0 Å². The van der Waals surface area contributed by atoms with Crippen LogP contribution in [-0.2, 0) is 11.8 Å². The fourth-order valence-electron chi connectivity index (χ4n) is 1.41. The highest BCUT2D eigenvalue weighted by atomic mass is 35.5. The molecule has 0 unspecified atom stereocenters. The van der Waals surface area contributed by atoms with Crippen molar-refractivity contribution in [3.63, 3.8) is 0 Å². The van der Waals surface area contributed by atoms with E-state index >= 15 is 0 Å². The molecular formula is C11H9Cl2N3O2S. The molecule has 19 heavy (non-hydrogen) atoms. The van der Waals surface area contributed by atoms with Crippen LogP contribution in [0.2, 0.25) is 10.0 Å². The van der Waals surface area contributed by atoms with E-state index in [1.165, 1.54) is 4.68 Å². The second kappa shape index (κ2) is 5.81. The van der Waals surface area contributed by atoms with Crippen LogP contribution >= 0.6 is 35.0 Å². The normalized spacial score (nSPS) is 10.7. The Labute approximate surface area is 123 Å². The summed E-state index contributed by atoms with van der Waals surface area (Å²) in [6.07, 6.45) is 0. The minimum Gasteiger partial charge on any atom is -0.481 e. The second-order valence-electron chi connectivity index (χ2n) is 3.65. The van der Waals surface area contributed by atoms with Crippen LogP contribution in [0.4, 0.5) is 0 Å². The molecule has 0 spiro atoms. The quantitative estimate of drug-likeness (QED) is 0.878. The number of carboxylic acid groups (broad SMARTS) is 1. The monoisotopic (exact) mass is 317 g/mol. The Balaban J connectivity index is 2.31. The zero-order chi connectivity index (χ0) is 14.0. The van der Waals surface area contributed by atoms with Crippen molar-refractivity contribution in [3.05, 3.63) is 28.2 Å². The SMILES string of the molecule is Cn1nc(-c2ccc(Cl)cc2Cl)nc1SCC(=O)O. The molecule has 2 aromatic rings. The molecular weight excluding hydrogens is 309 g/mol. The fourth-order valence-corrected chi connectivity index (χ4v) is 2.53. The minimum absolute atomic E-state index is 0.0691. The lowest BCUT2D eigenvalue weighted by Gasteiger charge is -1.99. The number of aromatic nitrogens is 3. The molecule has 0 bridgehead atoms. The predicted octanol–water partition coefficient (Wildman–Crippen LogP) is 2.97. The van der Waals surface area contributed by atoms with Crippen molar-refractivity contribution in [2.45, 2.75) is 5.16 Å². The second-order valence-corrected chi connectivity index (χ2v) is 5.43. The summed E-state index contributed by atoms with van der Waals surface area (Å²) in [6.45, 7) is 0. The molecule has 0 fully saturated rings. The summed E-state index contributed by atoms with van der Waals surface area (Å²) in [4.78, 5) is 14.8. The fraction of sp³-hybridized carbons (Fsp3) is 0.182. The molecule has 0 saturated heterocycles. The lowest BCUT2D eigenvalue weighted by molar-refractivity contribution is -0.133. The van der Waals surface area contributed by atoms with Gasteiger partial charge in [-0.15, -0.1) is 0 Å². The third kappa shape index (κ3) is 3.40. The largest absolute Gasteiger partial charge is 0.481 e. The molecule has 100 valence electrons. The highest BCUT2D eigenvalue weighted by molar-refractivity contribution is 7.99. The maximum absolute atomic E-state index is 10.5.